The van der Waals surface area contributed by atoms with Gasteiger partial charge in [0.05, 0.1) is 0 Å². The van der Waals surface area contributed by atoms with Crippen molar-refractivity contribution in [3.63, 3.8) is 0 Å². The number of hydrogen-bond donors (Lipinski definition) is 3. The van der Waals surface area contributed by atoms with Crippen LogP contribution >= 0.6 is 7.82 Å². The molecule has 0 aromatic heterocycles. The number of rotatable bonds is 9. The zero-order chi connectivity index (χ0) is 28.5. The van der Waals surface area contributed by atoms with Crippen LogP contribution in [0.15, 0.2) is 36.4 Å². The van der Waals surface area contributed by atoms with Crippen molar-refractivity contribution in [3.8, 4) is 0 Å². The first-order valence-corrected chi connectivity index (χ1v) is 10.8. The lowest BCUT2D eigenvalue weighted by atomic mass is 10.3. The van der Waals surface area contributed by atoms with Crippen LogP contribution in [0.25, 0.3) is 0 Å². The second kappa shape index (κ2) is 11.0. The summed E-state index contributed by atoms with van der Waals surface area (Å²) in [6, 6.07) is 0.531. The summed E-state index contributed by atoms with van der Waals surface area (Å²) >= 11 is 0. The Bertz CT molecular complexity index is 1190. The molecule has 3 aromatic rings. The molecule has 0 spiro atoms. The highest BCUT2D eigenvalue weighted by Gasteiger charge is 2.40. The Morgan fingerprint density at radius 1 is 0.474 bits per heavy atom. The van der Waals surface area contributed by atoms with E-state index in [2.05, 4.69) is 13.9 Å². The summed E-state index contributed by atoms with van der Waals surface area (Å²) in [6.45, 7) is 0. The van der Waals surface area contributed by atoms with E-state index in [4.69, 9.17) is 17.5 Å². The first-order chi connectivity index (χ1) is 17.6. The topological polar surface area (TPSA) is 133 Å². The summed E-state index contributed by atoms with van der Waals surface area (Å²) in [5.41, 5.74) is -4.40. The predicted octanol–water partition coefficient (Wildman–Crippen LogP) is 4.28. The molecule has 206 valence electrons. The lowest BCUT2D eigenvalue weighted by molar-refractivity contribution is 0.0829. The normalized spacial score (nSPS) is 11.6. The lowest BCUT2D eigenvalue weighted by Crippen LogP contribution is -2.40. The number of hydrazine groups is 3. The number of anilines is 3. The van der Waals surface area contributed by atoms with Crippen LogP contribution in [0.3, 0.4) is 0 Å². The van der Waals surface area contributed by atoms with Gasteiger partial charge in [0, 0.05) is 36.4 Å². The quantitative estimate of drug-likeness (QED) is 0.146. The van der Waals surface area contributed by atoms with Crippen molar-refractivity contribution in [1.82, 2.24) is 0 Å². The minimum Gasteiger partial charge on any atom is -0.222 e. The molecule has 20 heteroatoms. The van der Waals surface area contributed by atoms with Gasteiger partial charge in [-0.3, -0.25) is 0 Å². The minimum absolute atomic E-state index is 0.0886. The van der Waals surface area contributed by atoms with Gasteiger partial charge in [-0.15, -0.1) is 13.9 Å². The molecule has 0 atom stereocenters. The van der Waals surface area contributed by atoms with Crippen LogP contribution in [0, 0.1) is 52.4 Å². The highest BCUT2D eigenvalue weighted by molar-refractivity contribution is 7.48. The van der Waals surface area contributed by atoms with Crippen LogP contribution in [0.4, 0.5) is 56.6 Å². The SMILES string of the molecule is NN(OP(=O)(ON(N)c1c(F)cc(F)cc1F)ON(N)c1c(F)cc(F)cc1F)c1c(F)cc(F)cc1F. The van der Waals surface area contributed by atoms with Crippen molar-refractivity contribution in [2.45, 2.75) is 0 Å². The number of nitrogens with zero attached hydrogens (tertiary/aromatic N) is 3. The molecule has 10 nitrogen and oxygen atoms in total. The van der Waals surface area contributed by atoms with E-state index in [0.717, 1.165) is 0 Å². The molecule has 0 amide bonds. The molecule has 3 aromatic carbocycles. The third-order valence-electron chi connectivity index (χ3n) is 4.17. The second-order valence-electron chi connectivity index (χ2n) is 6.82. The molecule has 0 radical (unpaired) electrons. The Hall–Kier alpha value is -3.58. The average Bonchev–Trinajstić information content (AvgIpc) is 2.70. The Kier molecular flexibility index (Phi) is 8.42. The van der Waals surface area contributed by atoms with E-state index in [-0.39, 0.29) is 36.4 Å². The largest absolute Gasteiger partial charge is 0.543 e. The van der Waals surface area contributed by atoms with E-state index < -0.39 is 92.8 Å². The highest BCUT2D eigenvalue weighted by Crippen LogP contribution is 2.53. The molecule has 0 aliphatic carbocycles. The van der Waals surface area contributed by atoms with Gasteiger partial charge in [-0.25, -0.2) is 61.6 Å². The molecule has 0 bridgehead atoms. The molecule has 0 saturated heterocycles. The monoisotopic (exact) mass is 578 g/mol. The zero-order valence-electron chi connectivity index (χ0n) is 18.0. The van der Waals surface area contributed by atoms with E-state index in [1.807, 2.05) is 0 Å². The number of benzene rings is 3. The standard InChI is InChI=1S/C18H12F9N6O4P/c19-7-1-10(22)16(11(23)2-7)31(28)35-38(34,36-32(29)17-12(24)3-8(20)4-13(17)25)37-33(30)18-14(26)5-9(21)6-15(18)27/h1-6H,28-30H2. The summed E-state index contributed by atoms with van der Waals surface area (Å²) in [6.07, 6.45) is 0. The zero-order valence-corrected chi connectivity index (χ0v) is 18.9. The molecular formula is C18H12F9N6O4P. The maximum absolute atomic E-state index is 14.1. The van der Waals surface area contributed by atoms with Gasteiger partial charge >= 0.3 is 7.82 Å². The van der Waals surface area contributed by atoms with Gasteiger partial charge in [0.2, 0.25) is 0 Å². The van der Waals surface area contributed by atoms with Crippen LogP contribution in [-0.2, 0) is 18.4 Å². The highest BCUT2D eigenvalue weighted by atomic mass is 31.2. The Balaban J connectivity index is 2.03. The summed E-state index contributed by atoms with van der Waals surface area (Å²) in [4.78, 5) is 0. The van der Waals surface area contributed by atoms with Gasteiger partial charge in [0.1, 0.15) is 17.5 Å². The molecule has 0 saturated carbocycles. The number of nitrogens with two attached hydrogens (primary N) is 3. The number of halogens is 9. The Labute approximate surface area is 205 Å². The third kappa shape index (κ3) is 6.27. The van der Waals surface area contributed by atoms with Gasteiger partial charge < -0.3 is 0 Å². The van der Waals surface area contributed by atoms with Crippen molar-refractivity contribution < 1.29 is 58.0 Å². The maximum Gasteiger partial charge on any atom is 0.543 e. The van der Waals surface area contributed by atoms with Crippen LogP contribution in [0.2, 0.25) is 0 Å². The van der Waals surface area contributed by atoms with Crippen molar-refractivity contribution in [1.29, 1.82) is 0 Å². The third-order valence-corrected chi connectivity index (χ3v) is 5.30. The van der Waals surface area contributed by atoms with E-state index >= 15 is 0 Å². The smallest absolute Gasteiger partial charge is 0.222 e. The van der Waals surface area contributed by atoms with Crippen LogP contribution in [0.1, 0.15) is 0 Å². The molecule has 0 unspecified atom stereocenters. The van der Waals surface area contributed by atoms with Crippen molar-refractivity contribution in [3.05, 3.63) is 88.8 Å². The van der Waals surface area contributed by atoms with E-state index in [9.17, 15) is 44.1 Å². The van der Waals surface area contributed by atoms with Gasteiger partial charge in [-0.2, -0.15) is 15.5 Å². The molecule has 0 heterocycles. The first kappa shape index (κ1) is 29.0. The summed E-state index contributed by atoms with van der Waals surface area (Å²) < 4.78 is 151. The summed E-state index contributed by atoms with van der Waals surface area (Å²) in [5, 5.41) is -1.62. The summed E-state index contributed by atoms with van der Waals surface area (Å²) in [5.74, 6) is 0.954. The van der Waals surface area contributed by atoms with Crippen LogP contribution in [0.5, 0.6) is 0 Å². The van der Waals surface area contributed by atoms with E-state index in [0.29, 0.717) is 0 Å². The predicted molar refractivity (Wildman–Crippen MR) is 110 cm³/mol. The van der Waals surface area contributed by atoms with Gasteiger partial charge in [-0.1, -0.05) is 0 Å². The lowest BCUT2D eigenvalue weighted by Gasteiger charge is -2.29. The maximum atomic E-state index is 14.1. The molecule has 0 fully saturated rings. The second-order valence-corrected chi connectivity index (χ2v) is 8.21. The molecular weight excluding hydrogens is 566 g/mol. The average molecular weight is 578 g/mol. The fourth-order valence-corrected chi connectivity index (χ4v) is 3.71. The molecule has 6 N–H and O–H groups in total. The fraction of sp³-hybridized carbons (Fsp3) is 0. The molecule has 3 rings (SSSR count). The van der Waals surface area contributed by atoms with E-state index in [1.165, 1.54) is 0 Å². The van der Waals surface area contributed by atoms with Gasteiger partial charge in [-0.05, 0) is 0 Å². The Morgan fingerprint density at radius 2 is 0.658 bits per heavy atom. The van der Waals surface area contributed by atoms with Crippen LogP contribution < -0.4 is 33.0 Å². The van der Waals surface area contributed by atoms with Crippen molar-refractivity contribution >= 4 is 24.9 Å². The van der Waals surface area contributed by atoms with Crippen molar-refractivity contribution in [2.75, 3.05) is 15.5 Å². The number of hydrogen-bond acceptors (Lipinski definition) is 10. The molecule has 38 heavy (non-hydrogen) atoms. The van der Waals surface area contributed by atoms with Crippen molar-refractivity contribution in [2.24, 2.45) is 17.5 Å². The van der Waals surface area contributed by atoms with Gasteiger partial charge in [0.15, 0.2) is 52.0 Å². The van der Waals surface area contributed by atoms with Gasteiger partial charge in [0.25, 0.3) is 0 Å². The minimum atomic E-state index is -5.92. The fourth-order valence-electron chi connectivity index (χ4n) is 2.73. The first-order valence-electron chi connectivity index (χ1n) is 9.39. The van der Waals surface area contributed by atoms with E-state index in [1.54, 1.807) is 0 Å². The molecule has 0 aliphatic heterocycles. The molecule has 0 aliphatic rings. The summed E-state index contributed by atoms with van der Waals surface area (Å²) in [7, 11) is -5.92. The number of phosphoric acid groups is 1. The Morgan fingerprint density at radius 3 is 0.842 bits per heavy atom. The van der Waals surface area contributed by atoms with Crippen LogP contribution in [-0.4, -0.2) is 0 Å².